The standard InChI is InChI=1S/C18H28N6O/c1-14-17(15(2)25-20-14)12-23-8-9-24-16(10-19-18(24)13-23)11-22-6-4-21(3)5-7-22/h10H,4-9,11-13H2,1-3H3. The number of aromatic nitrogens is 3. The third kappa shape index (κ3) is 3.49. The highest BCUT2D eigenvalue weighted by molar-refractivity contribution is 5.21. The van der Waals surface area contributed by atoms with Gasteiger partial charge >= 0.3 is 0 Å². The normalized spacial score (nSPS) is 20.1. The fraction of sp³-hybridized carbons (Fsp3) is 0.667. The minimum absolute atomic E-state index is 0.891. The summed E-state index contributed by atoms with van der Waals surface area (Å²) in [6.07, 6.45) is 2.08. The van der Waals surface area contributed by atoms with E-state index in [0.29, 0.717) is 0 Å². The van der Waals surface area contributed by atoms with Crippen LogP contribution in [-0.4, -0.2) is 69.2 Å². The van der Waals surface area contributed by atoms with Crippen molar-refractivity contribution in [1.29, 1.82) is 0 Å². The van der Waals surface area contributed by atoms with Crippen molar-refractivity contribution < 1.29 is 4.52 Å². The largest absolute Gasteiger partial charge is 0.361 e. The van der Waals surface area contributed by atoms with Gasteiger partial charge in [-0.2, -0.15) is 0 Å². The number of hydrogen-bond donors (Lipinski definition) is 0. The molecule has 1 fully saturated rings. The van der Waals surface area contributed by atoms with E-state index >= 15 is 0 Å². The molecule has 0 bridgehead atoms. The van der Waals surface area contributed by atoms with Crippen LogP contribution in [0.1, 0.15) is 28.5 Å². The van der Waals surface area contributed by atoms with E-state index in [1.807, 2.05) is 13.8 Å². The van der Waals surface area contributed by atoms with Crippen LogP contribution in [0.3, 0.4) is 0 Å². The number of piperazine rings is 1. The van der Waals surface area contributed by atoms with Crippen molar-refractivity contribution in [3.05, 3.63) is 34.7 Å². The number of likely N-dealkylation sites (N-methyl/N-ethyl adjacent to an activating group) is 1. The van der Waals surface area contributed by atoms with Crippen LogP contribution in [0.2, 0.25) is 0 Å². The molecule has 2 aromatic heterocycles. The summed E-state index contributed by atoms with van der Waals surface area (Å²) in [6.45, 7) is 13.5. The Morgan fingerprint density at radius 2 is 1.76 bits per heavy atom. The Morgan fingerprint density at radius 3 is 2.48 bits per heavy atom. The van der Waals surface area contributed by atoms with Crippen molar-refractivity contribution in [3.8, 4) is 0 Å². The van der Waals surface area contributed by atoms with Gasteiger partial charge in [0.25, 0.3) is 0 Å². The molecular formula is C18H28N6O. The van der Waals surface area contributed by atoms with Crippen LogP contribution in [0.15, 0.2) is 10.7 Å². The van der Waals surface area contributed by atoms with Crippen molar-refractivity contribution in [3.63, 3.8) is 0 Å². The summed E-state index contributed by atoms with van der Waals surface area (Å²) >= 11 is 0. The number of hydrogen-bond acceptors (Lipinski definition) is 6. The second kappa shape index (κ2) is 6.90. The third-order valence-corrected chi connectivity index (χ3v) is 5.57. The molecule has 0 spiro atoms. The van der Waals surface area contributed by atoms with Crippen molar-refractivity contribution in [2.24, 2.45) is 0 Å². The Kier molecular flexibility index (Phi) is 4.62. The molecule has 4 heterocycles. The molecular weight excluding hydrogens is 316 g/mol. The fourth-order valence-electron chi connectivity index (χ4n) is 3.82. The quantitative estimate of drug-likeness (QED) is 0.832. The van der Waals surface area contributed by atoms with Crippen molar-refractivity contribution in [2.45, 2.75) is 40.0 Å². The third-order valence-electron chi connectivity index (χ3n) is 5.57. The van der Waals surface area contributed by atoms with Crippen LogP contribution >= 0.6 is 0 Å². The molecule has 7 nitrogen and oxygen atoms in total. The smallest absolute Gasteiger partial charge is 0.138 e. The minimum atomic E-state index is 0.891. The van der Waals surface area contributed by atoms with Gasteiger partial charge in [0, 0.05) is 64.1 Å². The minimum Gasteiger partial charge on any atom is -0.361 e. The summed E-state index contributed by atoms with van der Waals surface area (Å²) in [5.41, 5.74) is 3.58. The molecule has 0 aliphatic carbocycles. The van der Waals surface area contributed by atoms with Crippen LogP contribution in [0.4, 0.5) is 0 Å². The van der Waals surface area contributed by atoms with Crippen LogP contribution in [0.5, 0.6) is 0 Å². The van der Waals surface area contributed by atoms with Gasteiger partial charge in [0.05, 0.1) is 17.9 Å². The molecule has 4 rings (SSSR count). The lowest BCUT2D eigenvalue weighted by molar-refractivity contribution is 0.143. The molecule has 0 N–H and O–H groups in total. The number of nitrogens with zero attached hydrogens (tertiary/aromatic N) is 6. The van der Waals surface area contributed by atoms with E-state index in [2.05, 4.69) is 37.7 Å². The molecule has 0 saturated carbocycles. The first-order valence-electron chi connectivity index (χ1n) is 9.18. The van der Waals surface area contributed by atoms with Gasteiger partial charge in [0.15, 0.2) is 0 Å². The Morgan fingerprint density at radius 1 is 1.00 bits per heavy atom. The van der Waals surface area contributed by atoms with E-state index in [0.717, 1.165) is 70.4 Å². The van der Waals surface area contributed by atoms with Gasteiger partial charge < -0.3 is 14.0 Å². The highest BCUT2D eigenvalue weighted by Gasteiger charge is 2.23. The Labute approximate surface area is 149 Å². The molecule has 0 amide bonds. The molecule has 0 unspecified atom stereocenters. The molecule has 25 heavy (non-hydrogen) atoms. The van der Waals surface area contributed by atoms with Gasteiger partial charge in [-0.1, -0.05) is 5.16 Å². The first-order chi connectivity index (χ1) is 12.1. The van der Waals surface area contributed by atoms with E-state index in [4.69, 9.17) is 9.51 Å². The molecule has 2 aliphatic heterocycles. The van der Waals surface area contributed by atoms with Gasteiger partial charge in [0.1, 0.15) is 11.6 Å². The predicted octanol–water partition coefficient (Wildman–Crippen LogP) is 1.25. The zero-order valence-electron chi connectivity index (χ0n) is 15.5. The van der Waals surface area contributed by atoms with Crippen molar-refractivity contribution in [2.75, 3.05) is 39.8 Å². The predicted molar refractivity (Wildman–Crippen MR) is 95.1 cm³/mol. The number of rotatable bonds is 4. The van der Waals surface area contributed by atoms with Crippen LogP contribution in [0.25, 0.3) is 0 Å². The van der Waals surface area contributed by atoms with Crippen molar-refractivity contribution in [1.82, 2.24) is 29.4 Å². The second-order valence-corrected chi connectivity index (χ2v) is 7.41. The summed E-state index contributed by atoms with van der Waals surface area (Å²) in [5.74, 6) is 2.12. The molecule has 136 valence electrons. The van der Waals surface area contributed by atoms with Crippen LogP contribution < -0.4 is 0 Å². The summed E-state index contributed by atoms with van der Waals surface area (Å²) in [6, 6.07) is 0. The molecule has 2 aliphatic rings. The summed E-state index contributed by atoms with van der Waals surface area (Å²) < 4.78 is 7.71. The topological polar surface area (TPSA) is 53.6 Å². The highest BCUT2D eigenvalue weighted by Crippen LogP contribution is 2.21. The van der Waals surface area contributed by atoms with Crippen LogP contribution in [-0.2, 0) is 26.2 Å². The molecule has 0 aromatic carbocycles. The lowest BCUT2D eigenvalue weighted by atomic mass is 10.2. The Bertz CT molecular complexity index is 709. The highest BCUT2D eigenvalue weighted by atomic mass is 16.5. The van der Waals surface area contributed by atoms with Crippen molar-refractivity contribution >= 4 is 0 Å². The monoisotopic (exact) mass is 344 g/mol. The van der Waals surface area contributed by atoms with Gasteiger partial charge in [0.2, 0.25) is 0 Å². The molecule has 0 atom stereocenters. The molecule has 2 aromatic rings. The van der Waals surface area contributed by atoms with Gasteiger partial charge in [-0.3, -0.25) is 9.80 Å². The lowest BCUT2D eigenvalue weighted by Crippen LogP contribution is -2.44. The van der Waals surface area contributed by atoms with E-state index in [1.165, 1.54) is 17.1 Å². The number of aryl methyl sites for hydroxylation is 2. The number of fused-ring (bicyclic) bond motifs is 1. The maximum atomic E-state index is 5.30. The molecule has 1 saturated heterocycles. The first kappa shape index (κ1) is 16.8. The average molecular weight is 344 g/mol. The maximum absolute atomic E-state index is 5.30. The zero-order valence-corrected chi connectivity index (χ0v) is 15.5. The molecule has 7 heteroatoms. The Hall–Kier alpha value is -1.70. The van der Waals surface area contributed by atoms with E-state index in [-0.39, 0.29) is 0 Å². The summed E-state index contributed by atoms with van der Waals surface area (Å²) in [7, 11) is 2.20. The SMILES string of the molecule is Cc1noc(C)c1CN1CCn2c(CN3CCN(C)CC3)cnc2C1. The average Bonchev–Trinajstić information content (AvgIpc) is 3.15. The van der Waals surface area contributed by atoms with Gasteiger partial charge in [-0.15, -0.1) is 0 Å². The maximum Gasteiger partial charge on any atom is 0.138 e. The zero-order chi connectivity index (χ0) is 17.4. The number of imidazole rings is 1. The Balaban J connectivity index is 1.40. The van der Waals surface area contributed by atoms with Crippen LogP contribution in [0, 0.1) is 13.8 Å². The summed E-state index contributed by atoms with van der Waals surface area (Å²) in [4.78, 5) is 12.1. The fourth-order valence-corrected chi connectivity index (χ4v) is 3.82. The molecule has 0 radical (unpaired) electrons. The second-order valence-electron chi connectivity index (χ2n) is 7.41. The lowest BCUT2D eigenvalue weighted by Gasteiger charge is -2.33. The summed E-state index contributed by atoms with van der Waals surface area (Å²) in [5, 5.41) is 4.07. The van der Waals surface area contributed by atoms with E-state index < -0.39 is 0 Å². The van der Waals surface area contributed by atoms with E-state index in [1.54, 1.807) is 0 Å². The first-order valence-corrected chi connectivity index (χ1v) is 9.18. The van der Waals surface area contributed by atoms with Gasteiger partial charge in [-0.25, -0.2) is 4.98 Å². The van der Waals surface area contributed by atoms with Gasteiger partial charge in [-0.05, 0) is 20.9 Å². The van der Waals surface area contributed by atoms with E-state index in [9.17, 15) is 0 Å².